The van der Waals surface area contributed by atoms with Crippen molar-refractivity contribution in [3.8, 4) is 0 Å². The van der Waals surface area contributed by atoms with Crippen molar-refractivity contribution < 1.29 is 20.1 Å². The first-order valence-corrected chi connectivity index (χ1v) is 4.27. The maximum atomic E-state index is 10.6. The Kier molecular flexibility index (Phi) is 3.34. The monoisotopic (exact) mass is 236 g/mol. The molecule has 6 heteroatoms. The molecule has 0 aliphatic carbocycles. The predicted molar refractivity (Wildman–Crippen MR) is 50.6 cm³/mol. The number of aliphatic hydroxyl groups is 2. The van der Waals surface area contributed by atoms with E-state index in [1.807, 2.05) is 0 Å². The van der Waals surface area contributed by atoms with Crippen LogP contribution in [0.1, 0.15) is 22.2 Å². The van der Waals surface area contributed by atoms with Crippen LogP contribution in [0.3, 0.4) is 0 Å². The highest BCUT2D eigenvalue weighted by atomic mass is 35.5. The summed E-state index contributed by atoms with van der Waals surface area (Å²) in [7, 11) is 0. The molecule has 0 amide bonds. The number of carboxylic acid groups (broad SMARTS) is 1. The van der Waals surface area contributed by atoms with Crippen LogP contribution in [0.2, 0.25) is 10.0 Å². The normalized spacial score (nSPS) is 10.6. The molecule has 0 radical (unpaired) electrons. The molecule has 0 saturated heterocycles. The standard InChI is InChI=1S/C8H6Cl2O4/c9-4-1-3(7(11)12)2-5(10)6(4)8(13)14/h1-2,7,11-12H,(H,13,14). The maximum Gasteiger partial charge on any atom is 0.338 e. The van der Waals surface area contributed by atoms with Gasteiger partial charge in [-0.3, -0.25) is 0 Å². The van der Waals surface area contributed by atoms with Crippen molar-refractivity contribution in [1.82, 2.24) is 0 Å². The first-order valence-electron chi connectivity index (χ1n) is 3.52. The number of carboxylic acids is 1. The summed E-state index contributed by atoms with van der Waals surface area (Å²) in [5, 5.41) is 26.0. The molecule has 0 aliphatic rings. The number of benzene rings is 1. The molecule has 0 fully saturated rings. The minimum atomic E-state index is -1.73. The average Bonchev–Trinajstić information content (AvgIpc) is 2.01. The highest BCUT2D eigenvalue weighted by Crippen LogP contribution is 2.28. The van der Waals surface area contributed by atoms with Gasteiger partial charge in [0.15, 0.2) is 6.29 Å². The molecule has 3 N–H and O–H groups in total. The molecular weight excluding hydrogens is 231 g/mol. The Labute approximate surface area is 89.3 Å². The van der Waals surface area contributed by atoms with E-state index in [1.54, 1.807) is 0 Å². The Morgan fingerprint density at radius 2 is 1.64 bits per heavy atom. The summed E-state index contributed by atoms with van der Waals surface area (Å²) in [6, 6.07) is 2.28. The molecule has 0 spiro atoms. The lowest BCUT2D eigenvalue weighted by Gasteiger charge is -2.07. The first-order chi connectivity index (χ1) is 6.43. The van der Waals surface area contributed by atoms with E-state index in [1.165, 1.54) is 0 Å². The van der Waals surface area contributed by atoms with Crippen LogP contribution in [-0.4, -0.2) is 21.3 Å². The van der Waals surface area contributed by atoms with E-state index in [4.69, 9.17) is 38.5 Å². The van der Waals surface area contributed by atoms with Gasteiger partial charge in [-0.2, -0.15) is 0 Å². The van der Waals surface area contributed by atoms with Crippen LogP contribution in [-0.2, 0) is 0 Å². The molecule has 0 unspecified atom stereocenters. The molecule has 0 saturated carbocycles. The van der Waals surface area contributed by atoms with Crippen LogP contribution >= 0.6 is 23.2 Å². The summed E-state index contributed by atoms with van der Waals surface area (Å²) in [5.41, 5.74) is -0.206. The van der Waals surface area contributed by atoms with Gasteiger partial charge < -0.3 is 15.3 Å². The van der Waals surface area contributed by atoms with Crippen LogP contribution in [0, 0.1) is 0 Å². The molecule has 0 aliphatic heterocycles. The lowest BCUT2D eigenvalue weighted by Crippen LogP contribution is -2.02. The number of hydrogen-bond acceptors (Lipinski definition) is 3. The van der Waals surface area contributed by atoms with E-state index in [-0.39, 0.29) is 21.2 Å². The van der Waals surface area contributed by atoms with E-state index in [9.17, 15) is 4.79 Å². The van der Waals surface area contributed by atoms with Crippen molar-refractivity contribution in [1.29, 1.82) is 0 Å². The number of aromatic carboxylic acids is 1. The third-order valence-corrected chi connectivity index (χ3v) is 2.17. The quantitative estimate of drug-likeness (QED) is 0.683. The summed E-state index contributed by atoms with van der Waals surface area (Å²) < 4.78 is 0. The van der Waals surface area contributed by atoms with Gasteiger partial charge in [0.2, 0.25) is 0 Å². The first kappa shape index (κ1) is 11.3. The third-order valence-electron chi connectivity index (χ3n) is 1.58. The molecule has 0 atom stereocenters. The number of hydrogen-bond donors (Lipinski definition) is 3. The van der Waals surface area contributed by atoms with Gasteiger partial charge in [-0.25, -0.2) is 4.79 Å². The summed E-state index contributed by atoms with van der Waals surface area (Å²) >= 11 is 11.2. The van der Waals surface area contributed by atoms with Gasteiger partial charge in [0.1, 0.15) is 0 Å². The zero-order chi connectivity index (χ0) is 10.9. The van der Waals surface area contributed by atoms with Crippen LogP contribution in [0.25, 0.3) is 0 Å². The fourth-order valence-electron chi connectivity index (χ4n) is 0.946. The van der Waals surface area contributed by atoms with Crippen molar-refractivity contribution in [2.45, 2.75) is 6.29 Å². The lowest BCUT2D eigenvalue weighted by atomic mass is 10.1. The van der Waals surface area contributed by atoms with Gasteiger partial charge in [0.25, 0.3) is 0 Å². The summed E-state index contributed by atoms with van der Waals surface area (Å²) in [6.07, 6.45) is -1.73. The average molecular weight is 237 g/mol. The number of carbonyl (C=O) groups is 1. The number of rotatable bonds is 2. The van der Waals surface area contributed by atoms with Crippen molar-refractivity contribution in [3.05, 3.63) is 33.3 Å². The molecule has 14 heavy (non-hydrogen) atoms. The highest BCUT2D eigenvalue weighted by molar-refractivity contribution is 6.39. The summed E-state index contributed by atoms with van der Waals surface area (Å²) in [5.74, 6) is -1.26. The van der Waals surface area contributed by atoms with E-state index in [0.717, 1.165) is 12.1 Å². The van der Waals surface area contributed by atoms with Crippen molar-refractivity contribution in [2.24, 2.45) is 0 Å². The fraction of sp³-hybridized carbons (Fsp3) is 0.125. The van der Waals surface area contributed by atoms with Gasteiger partial charge in [-0.05, 0) is 12.1 Å². The van der Waals surface area contributed by atoms with Crippen molar-refractivity contribution >= 4 is 29.2 Å². The lowest BCUT2D eigenvalue weighted by molar-refractivity contribution is -0.0425. The summed E-state index contributed by atoms with van der Waals surface area (Å²) in [6.45, 7) is 0. The molecule has 1 aromatic carbocycles. The Bertz CT molecular complexity index is 353. The smallest absolute Gasteiger partial charge is 0.338 e. The van der Waals surface area contributed by atoms with Crippen LogP contribution in [0.15, 0.2) is 12.1 Å². The molecule has 0 bridgehead atoms. The number of halogens is 2. The fourth-order valence-corrected chi connectivity index (χ4v) is 1.61. The van der Waals surface area contributed by atoms with Gasteiger partial charge in [-0.1, -0.05) is 23.2 Å². The minimum absolute atomic E-state index is 0.0463. The van der Waals surface area contributed by atoms with Gasteiger partial charge >= 0.3 is 5.97 Å². The van der Waals surface area contributed by atoms with E-state index < -0.39 is 12.3 Å². The molecule has 0 heterocycles. The Morgan fingerprint density at radius 1 is 1.21 bits per heavy atom. The largest absolute Gasteiger partial charge is 0.478 e. The van der Waals surface area contributed by atoms with Gasteiger partial charge in [0, 0.05) is 5.56 Å². The zero-order valence-corrected chi connectivity index (χ0v) is 8.25. The molecule has 0 aromatic heterocycles. The molecule has 1 aromatic rings. The Balaban J connectivity index is 3.32. The van der Waals surface area contributed by atoms with Gasteiger partial charge in [-0.15, -0.1) is 0 Å². The second-order valence-electron chi connectivity index (χ2n) is 2.54. The Morgan fingerprint density at radius 3 is 1.93 bits per heavy atom. The SMILES string of the molecule is O=C(O)c1c(Cl)cc(C(O)O)cc1Cl. The second kappa shape index (κ2) is 4.14. The van der Waals surface area contributed by atoms with Crippen molar-refractivity contribution in [2.75, 3.05) is 0 Å². The predicted octanol–water partition coefficient (Wildman–Crippen LogP) is 1.67. The Hall–Kier alpha value is -0.810. The molecule has 76 valence electrons. The molecular formula is C8H6Cl2O4. The van der Waals surface area contributed by atoms with E-state index in [0.29, 0.717) is 0 Å². The van der Waals surface area contributed by atoms with E-state index in [2.05, 4.69) is 0 Å². The van der Waals surface area contributed by atoms with E-state index >= 15 is 0 Å². The maximum absolute atomic E-state index is 10.6. The van der Waals surface area contributed by atoms with Crippen LogP contribution in [0.4, 0.5) is 0 Å². The van der Waals surface area contributed by atoms with Crippen LogP contribution < -0.4 is 0 Å². The summed E-state index contributed by atoms with van der Waals surface area (Å²) in [4.78, 5) is 10.6. The topological polar surface area (TPSA) is 77.8 Å². The molecule has 4 nitrogen and oxygen atoms in total. The zero-order valence-electron chi connectivity index (χ0n) is 6.74. The number of aliphatic hydroxyl groups excluding tert-OH is 1. The highest BCUT2D eigenvalue weighted by Gasteiger charge is 2.16. The van der Waals surface area contributed by atoms with Gasteiger partial charge in [0.05, 0.1) is 15.6 Å². The van der Waals surface area contributed by atoms with Crippen molar-refractivity contribution in [3.63, 3.8) is 0 Å². The van der Waals surface area contributed by atoms with Crippen LogP contribution in [0.5, 0.6) is 0 Å². The minimum Gasteiger partial charge on any atom is -0.478 e. The second-order valence-corrected chi connectivity index (χ2v) is 3.35. The third kappa shape index (κ3) is 2.16. The molecule has 1 rings (SSSR count).